The van der Waals surface area contributed by atoms with E-state index < -0.39 is 0 Å². The molecule has 2 aromatic rings. The number of hydrogen-bond donors (Lipinski definition) is 1. The third-order valence-electron chi connectivity index (χ3n) is 4.12. The summed E-state index contributed by atoms with van der Waals surface area (Å²) >= 11 is 0. The maximum absolute atomic E-state index is 12.1. The summed E-state index contributed by atoms with van der Waals surface area (Å²) in [6.45, 7) is 0.603. The van der Waals surface area contributed by atoms with Crippen LogP contribution in [0.15, 0.2) is 52.8 Å². The van der Waals surface area contributed by atoms with Crippen molar-refractivity contribution in [2.24, 2.45) is 10.3 Å². The van der Waals surface area contributed by atoms with Crippen LogP contribution in [0.1, 0.15) is 16.7 Å². The Morgan fingerprint density at radius 2 is 2.00 bits per heavy atom. The Morgan fingerprint density at radius 3 is 2.75 bits per heavy atom. The first-order valence-corrected chi connectivity index (χ1v) is 8.59. The van der Waals surface area contributed by atoms with E-state index in [1.54, 1.807) is 12.1 Å². The van der Waals surface area contributed by atoms with Gasteiger partial charge in [0.1, 0.15) is 44.6 Å². The number of fused-ring (bicyclic) bond motifs is 1. The van der Waals surface area contributed by atoms with Crippen LogP contribution in [0.2, 0.25) is 0 Å². The zero-order valence-electron chi connectivity index (χ0n) is 15.9. The Balaban J connectivity index is 1.80. The monoisotopic (exact) mass is 383 g/mol. The molecule has 146 valence electrons. The summed E-state index contributed by atoms with van der Waals surface area (Å²) in [5.41, 5.74) is 3.23. The van der Waals surface area contributed by atoms with Gasteiger partial charge in [-0.2, -0.15) is 0 Å². The van der Waals surface area contributed by atoms with E-state index in [-0.39, 0.29) is 18.2 Å². The van der Waals surface area contributed by atoms with Gasteiger partial charge in [0.2, 0.25) is 0 Å². The average molecular weight is 383 g/mol. The maximum Gasteiger partial charge on any atom is 0.273 e. The number of carbonyl (C=O) groups is 1. The summed E-state index contributed by atoms with van der Waals surface area (Å²) in [6.07, 6.45) is 0. The number of carbonyl (C=O) groups excluding carboxylic acids is 1. The lowest BCUT2D eigenvalue weighted by Gasteiger charge is -2.12. The van der Waals surface area contributed by atoms with Gasteiger partial charge in [-0.3, -0.25) is 4.79 Å². The Hall–Kier alpha value is -3.55. The van der Waals surface area contributed by atoms with Crippen LogP contribution >= 0.6 is 0 Å². The molecular formula is C20H21N3O5. The number of likely N-dealkylation sites (N-methyl/N-ethyl adjacent to an activating group) is 1. The molecule has 0 spiro atoms. The smallest absolute Gasteiger partial charge is 0.273 e. The second-order valence-corrected chi connectivity index (χ2v) is 5.81. The fourth-order valence-electron chi connectivity index (χ4n) is 2.82. The summed E-state index contributed by atoms with van der Waals surface area (Å²) in [5, 5.41) is 10.4. The molecular weight excluding hydrogens is 362 g/mol. The Morgan fingerprint density at radius 1 is 1.18 bits per heavy atom. The van der Waals surface area contributed by atoms with Crippen LogP contribution in [0.3, 0.4) is 0 Å². The number of nitrogens with zero attached hydrogens (tertiary/aromatic N) is 2. The van der Waals surface area contributed by atoms with E-state index in [9.17, 15) is 4.79 Å². The van der Waals surface area contributed by atoms with Gasteiger partial charge in [-0.05, 0) is 17.7 Å². The van der Waals surface area contributed by atoms with Crippen molar-refractivity contribution in [1.82, 2.24) is 5.32 Å². The van der Waals surface area contributed by atoms with Gasteiger partial charge < -0.3 is 24.5 Å². The first kappa shape index (κ1) is 19.2. The third-order valence-corrected chi connectivity index (χ3v) is 4.12. The molecule has 28 heavy (non-hydrogen) atoms. The van der Waals surface area contributed by atoms with Gasteiger partial charge >= 0.3 is 0 Å². The molecule has 1 heterocycles. The standard InChI is InChI=1S/C20H21N3O5/c1-21-20(24)19(23-26-3)15-7-5-4-6-13(15)11-27-14-8-9-16-17(22-25-2)12-28-18(16)10-14/h4-10H,11-12H2,1-3H3,(H,21,24)/b22-17+,23-19+. The molecule has 2 aromatic carbocycles. The van der Waals surface area contributed by atoms with Crippen molar-refractivity contribution >= 4 is 17.3 Å². The molecule has 0 fully saturated rings. The van der Waals surface area contributed by atoms with Crippen LogP contribution in [0.25, 0.3) is 0 Å². The highest BCUT2D eigenvalue weighted by Gasteiger charge is 2.21. The molecule has 8 heteroatoms. The van der Waals surface area contributed by atoms with E-state index >= 15 is 0 Å². The molecule has 1 aliphatic heterocycles. The van der Waals surface area contributed by atoms with Crippen LogP contribution in [0.4, 0.5) is 0 Å². The van der Waals surface area contributed by atoms with E-state index in [4.69, 9.17) is 19.1 Å². The molecule has 0 radical (unpaired) electrons. The topological polar surface area (TPSA) is 90.7 Å². The minimum atomic E-state index is -0.342. The van der Waals surface area contributed by atoms with Crippen LogP contribution in [0, 0.1) is 0 Å². The van der Waals surface area contributed by atoms with Crippen LogP contribution in [-0.4, -0.2) is 45.2 Å². The summed E-state index contributed by atoms with van der Waals surface area (Å²) < 4.78 is 11.5. The number of benzene rings is 2. The molecule has 3 rings (SSSR count). The molecule has 0 saturated carbocycles. The number of oxime groups is 2. The van der Waals surface area contributed by atoms with Crippen molar-refractivity contribution < 1.29 is 23.9 Å². The zero-order valence-corrected chi connectivity index (χ0v) is 15.9. The van der Waals surface area contributed by atoms with Gasteiger partial charge in [-0.15, -0.1) is 0 Å². The lowest BCUT2D eigenvalue weighted by Crippen LogP contribution is -2.29. The second kappa shape index (κ2) is 8.90. The van der Waals surface area contributed by atoms with Crippen LogP contribution < -0.4 is 14.8 Å². The van der Waals surface area contributed by atoms with E-state index in [1.807, 2.05) is 30.3 Å². The van der Waals surface area contributed by atoms with Crippen molar-refractivity contribution in [2.45, 2.75) is 6.61 Å². The molecule has 0 atom stereocenters. The molecule has 8 nitrogen and oxygen atoms in total. The van der Waals surface area contributed by atoms with E-state index in [1.165, 1.54) is 21.3 Å². The molecule has 0 bridgehead atoms. The molecule has 1 amide bonds. The van der Waals surface area contributed by atoms with Gasteiger partial charge in [0.25, 0.3) is 5.91 Å². The molecule has 1 N–H and O–H groups in total. The van der Waals surface area contributed by atoms with Gasteiger partial charge in [-0.1, -0.05) is 34.6 Å². The highest BCUT2D eigenvalue weighted by molar-refractivity contribution is 6.45. The minimum absolute atomic E-state index is 0.182. The van der Waals surface area contributed by atoms with Crippen LogP contribution in [-0.2, 0) is 21.1 Å². The number of rotatable bonds is 7. The molecule has 0 unspecified atom stereocenters. The average Bonchev–Trinajstić information content (AvgIpc) is 3.12. The highest BCUT2D eigenvalue weighted by Crippen LogP contribution is 2.30. The fraction of sp³-hybridized carbons (Fsp3) is 0.250. The summed E-state index contributed by atoms with van der Waals surface area (Å²) in [7, 11) is 4.44. The molecule has 0 aromatic heterocycles. The van der Waals surface area contributed by atoms with Gasteiger partial charge in [-0.25, -0.2) is 0 Å². The van der Waals surface area contributed by atoms with E-state index in [0.717, 1.165) is 16.8 Å². The SMILES string of the molecule is CNC(=O)/C(=N/OC)c1ccccc1COc1ccc2c(c1)OC/C2=N\OC. The number of hydrogen-bond acceptors (Lipinski definition) is 7. The number of nitrogens with one attached hydrogen (secondary N) is 1. The molecule has 1 aliphatic rings. The highest BCUT2D eigenvalue weighted by atomic mass is 16.6. The van der Waals surface area contributed by atoms with Crippen molar-refractivity contribution in [1.29, 1.82) is 0 Å². The summed E-state index contributed by atoms with van der Waals surface area (Å²) in [6, 6.07) is 12.9. The fourth-order valence-corrected chi connectivity index (χ4v) is 2.82. The van der Waals surface area contributed by atoms with Crippen LogP contribution in [0.5, 0.6) is 11.5 Å². The normalized spacial score (nSPS) is 14.2. The number of ether oxygens (including phenoxy) is 2. The van der Waals surface area contributed by atoms with Gasteiger partial charge in [0, 0.05) is 24.2 Å². The van der Waals surface area contributed by atoms with Gasteiger partial charge in [0.15, 0.2) is 5.71 Å². The Bertz CT molecular complexity index is 924. The zero-order chi connectivity index (χ0) is 19.9. The minimum Gasteiger partial charge on any atom is -0.489 e. The van der Waals surface area contributed by atoms with Crippen molar-refractivity contribution in [3.05, 3.63) is 59.2 Å². The lowest BCUT2D eigenvalue weighted by molar-refractivity contribution is -0.114. The quantitative estimate of drug-likeness (QED) is 0.584. The van der Waals surface area contributed by atoms with Gasteiger partial charge in [0.05, 0.1) is 0 Å². The number of amides is 1. The Kier molecular flexibility index (Phi) is 6.11. The van der Waals surface area contributed by atoms with Crippen molar-refractivity contribution in [3.8, 4) is 11.5 Å². The summed E-state index contributed by atoms with van der Waals surface area (Å²) in [4.78, 5) is 21.8. The third kappa shape index (κ3) is 4.06. The lowest BCUT2D eigenvalue weighted by atomic mass is 10.0. The predicted molar refractivity (Wildman–Crippen MR) is 104 cm³/mol. The first-order valence-electron chi connectivity index (χ1n) is 8.59. The van der Waals surface area contributed by atoms with E-state index in [2.05, 4.69) is 15.6 Å². The molecule has 0 aliphatic carbocycles. The van der Waals surface area contributed by atoms with E-state index in [0.29, 0.717) is 23.7 Å². The largest absolute Gasteiger partial charge is 0.489 e. The molecule has 0 saturated heterocycles. The summed E-state index contributed by atoms with van der Waals surface area (Å²) in [5.74, 6) is 0.983. The second-order valence-electron chi connectivity index (χ2n) is 5.81. The first-order chi connectivity index (χ1) is 13.7. The Labute approximate surface area is 162 Å². The predicted octanol–water partition coefficient (Wildman–Crippen LogP) is 2.10. The van der Waals surface area contributed by atoms with Crippen molar-refractivity contribution in [3.63, 3.8) is 0 Å². The maximum atomic E-state index is 12.1. The van der Waals surface area contributed by atoms with Crippen molar-refractivity contribution in [2.75, 3.05) is 27.9 Å².